The van der Waals surface area contributed by atoms with E-state index in [1.807, 2.05) is 6.26 Å². The van der Waals surface area contributed by atoms with Crippen LogP contribution >= 0.6 is 0 Å². The van der Waals surface area contributed by atoms with E-state index in [1.165, 1.54) is 37.9 Å². The maximum atomic E-state index is 5.72. The largest absolute Gasteiger partial charge is 0.468 e. The molecule has 3 rings (SSSR count). The van der Waals surface area contributed by atoms with Crippen molar-refractivity contribution in [2.24, 2.45) is 11.3 Å². The van der Waals surface area contributed by atoms with Crippen LogP contribution < -0.4 is 5.32 Å². The van der Waals surface area contributed by atoms with Crippen LogP contribution in [0.25, 0.3) is 0 Å². The van der Waals surface area contributed by atoms with Crippen molar-refractivity contribution in [3.05, 3.63) is 23.7 Å². The molecule has 0 spiro atoms. The zero-order valence-electron chi connectivity index (χ0n) is 13.1. The van der Waals surface area contributed by atoms with Gasteiger partial charge in [0.25, 0.3) is 0 Å². The maximum absolute atomic E-state index is 5.72. The van der Waals surface area contributed by atoms with E-state index in [0.717, 1.165) is 30.8 Å². The molecule has 0 amide bonds. The highest BCUT2D eigenvalue weighted by Crippen LogP contribution is 2.34. The van der Waals surface area contributed by atoms with Gasteiger partial charge in [-0.1, -0.05) is 20.8 Å². The molecule has 112 valence electrons. The Labute approximate surface area is 122 Å². The minimum atomic E-state index is 0.425. The SMILES string of the molecule is CC(C)(C)C1CCN(Cc2occc2CNC2CC2)C1. The standard InChI is InChI=1S/C17H28N2O/c1-17(2,3)14-6-8-19(11-14)12-16-13(7-9-20-16)10-18-15-4-5-15/h7,9,14-15,18H,4-6,8,10-12H2,1-3H3. The quantitative estimate of drug-likeness (QED) is 0.893. The number of nitrogens with one attached hydrogen (secondary N) is 1. The van der Waals surface area contributed by atoms with Crippen LogP contribution in [0.15, 0.2) is 16.7 Å². The lowest BCUT2D eigenvalue weighted by molar-refractivity contribution is 0.219. The molecule has 0 bridgehead atoms. The van der Waals surface area contributed by atoms with Gasteiger partial charge in [0.1, 0.15) is 5.76 Å². The van der Waals surface area contributed by atoms with Crippen LogP contribution in [0.4, 0.5) is 0 Å². The van der Waals surface area contributed by atoms with E-state index < -0.39 is 0 Å². The first-order chi connectivity index (χ1) is 9.52. The average molecular weight is 276 g/mol. The summed E-state index contributed by atoms with van der Waals surface area (Å²) in [5.74, 6) is 1.97. The Morgan fingerprint density at radius 1 is 1.30 bits per heavy atom. The third-order valence-electron chi connectivity index (χ3n) is 4.86. The van der Waals surface area contributed by atoms with Gasteiger partial charge in [-0.2, -0.15) is 0 Å². The van der Waals surface area contributed by atoms with Gasteiger partial charge in [-0.05, 0) is 43.2 Å². The van der Waals surface area contributed by atoms with E-state index in [1.54, 1.807) is 0 Å². The van der Waals surface area contributed by atoms with Gasteiger partial charge in [-0.3, -0.25) is 4.90 Å². The van der Waals surface area contributed by atoms with Crippen LogP contribution in [0.2, 0.25) is 0 Å². The van der Waals surface area contributed by atoms with E-state index in [9.17, 15) is 0 Å². The molecule has 1 saturated carbocycles. The first kappa shape index (κ1) is 14.2. The molecular weight excluding hydrogens is 248 g/mol. The number of nitrogens with zero attached hydrogens (tertiary/aromatic N) is 1. The van der Waals surface area contributed by atoms with Gasteiger partial charge >= 0.3 is 0 Å². The van der Waals surface area contributed by atoms with Crippen molar-refractivity contribution >= 4 is 0 Å². The second-order valence-electron chi connectivity index (χ2n) is 7.61. The number of hydrogen-bond acceptors (Lipinski definition) is 3. The van der Waals surface area contributed by atoms with Crippen molar-refractivity contribution in [2.45, 2.75) is 59.2 Å². The smallest absolute Gasteiger partial charge is 0.122 e. The van der Waals surface area contributed by atoms with E-state index in [0.29, 0.717) is 5.41 Å². The molecule has 0 aromatic carbocycles. The first-order valence-electron chi connectivity index (χ1n) is 8.03. The van der Waals surface area contributed by atoms with Gasteiger partial charge in [0, 0.05) is 24.7 Å². The van der Waals surface area contributed by atoms with Gasteiger partial charge < -0.3 is 9.73 Å². The molecule has 3 nitrogen and oxygen atoms in total. The molecule has 1 aliphatic carbocycles. The molecule has 1 saturated heterocycles. The predicted molar refractivity (Wildman–Crippen MR) is 81.4 cm³/mol. The fourth-order valence-corrected chi connectivity index (χ4v) is 3.09. The van der Waals surface area contributed by atoms with Crippen LogP contribution in [0.3, 0.4) is 0 Å². The molecule has 1 aliphatic heterocycles. The summed E-state index contributed by atoms with van der Waals surface area (Å²) in [6.45, 7) is 11.4. The Bertz CT molecular complexity index is 442. The molecule has 2 aliphatic rings. The zero-order chi connectivity index (χ0) is 14.2. The summed E-state index contributed by atoms with van der Waals surface area (Å²) in [6.07, 6.45) is 5.84. The van der Waals surface area contributed by atoms with Crippen molar-refractivity contribution in [1.82, 2.24) is 10.2 Å². The summed E-state index contributed by atoms with van der Waals surface area (Å²) in [5.41, 5.74) is 1.77. The molecule has 2 heterocycles. The number of hydrogen-bond donors (Lipinski definition) is 1. The van der Waals surface area contributed by atoms with Gasteiger partial charge in [-0.15, -0.1) is 0 Å². The fraction of sp³-hybridized carbons (Fsp3) is 0.765. The Kier molecular flexibility index (Phi) is 3.91. The summed E-state index contributed by atoms with van der Waals surface area (Å²) in [6, 6.07) is 2.89. The Morgan fingerprint density at radius 3 is 2.75 bits per heavy atom. The summed E-state index contributed by atoms with van der Waals surface area (Å²) in [5, 5.41) is 3.58. The molecule has 1 atom stereocenters. The number of furan rings is 1. The minimum Gasteiger partial charge on any atom is -0.468 e. The summed E-state index contributed by atoms with van der Waals surface area (Å²) >= 11 is 0. The summed E-state index contributed by atoms with van der Waals surface area (Å²) < 4.78 is 5.72. The van der Waals surface area contributed by atoms with Crippen molar-refractivity contribution in [3.8, 4) is 0 Å². The molecule has 3 heteroatoms. The van der Waals surface area contributed by atoms with Crippen LogP contribution in [-0.2, 0) is 13.1 Å². The van der Waals surface area contributed by atoms with E-state index in [4.69, 9.17) is 4.42 Å². The molecule has 1 aromatic heterocycles. The van der Waals surface area contributed by atoms with Crippen LogP contribution in [0.5, 0.6) is 0 Å². The normalized spacial score (nSPS) is 24.4. The fourth-order valence-electron chi connectivity index (χ4n) is 3.09. The highest BCUT2D eigenvalue weighted by Gasteiger charge is 2.32. The number of likely N-dealkylation sites (tertiary alicyclic amines) is 1. The van der Waals surface area contributed by atoms with Crippen molar-refractivity contribution in [1.29, 1.82) is 0 Å². The monoisotopic (exact) mass is 276 g/mol. The third-order valence-corrected chi connectivity index (χ3v) is 4.86. The second kappa shape index (κ2) is 5.53. The lowest BCUT2D eigenvalue weighted by atomic mass is 9.80. The number of rotatable bonds is 5. The Hall–Kier alpha value is -0.800. The average Bonchev–Trinajstić information content (AvgIpc) is 2.90. The molecule has 2 fully saturated rings. The van der Waals surface area contributed by atoms with Crippen LogP contribution in [-0.4, -0.2) is 24.0 Å². The molecule has 20 heavy (non-hydrogen) atoms. The van der Waals surface area contributed by atoms with Crippen LogP contribution in [0, 0.1) is 11.3 Å². The van der Waals surface area contributed by atoms with Gasteiger partial charge in [-0.25, -0.2) is 0 Å². The molecule has 1 unspecified atom stereocenters. The topological polar surface area (TPSA) is 28.4 Å². The van der Waals surface area contributed by atoms with Gasteiger partial charge in [0.05, 0.1) is 12.8 Å². The van der Waals surface area contributed by atoms with E-state index in [2.05, 4.69) is 37.1 Å². The minimum absolute atomic E-state index is 0.425. The predicted octanol–water partition coefficient (Wildman–Crippen LogP) is 3.40. The Balaban J connectivity index is 1.54. The summed E-state index contributed by atoms with van der Waals surface area (Å²) in [7, 11) is 0. The maximum Gasteiger partial charge on any atom is 0.122 e. The van der Waals surface area contributed by atoms with Crippen molar-refractivity contribution < 1.29 is 4.42 Å². The molecular formula is C17H28N2O. The Morgan fingerprint density at radius 2 is 2.10 bits per heavy atom. The van der Waals surface area contributed by atoms with E-state index in [-0.39, 0.29) is 0 Å². The van der Waals surface area contributed by atoms with Gasteiger partial charge in [0.2, 0.25) is 0 Å². The summed E-state index contributed by atoms with van der Waals surface area (Å²) in [4.78, 5) is 2.55. The zero-order valence-corrected chi connectivity index (χ0v) is 13.1. The lowest BCUT2D eigenvalue weighted by Crippen LogP contribution is -2.26. The van der Waals surface area contributed by atoms with Crippen molar-refractivity contribution in [3.63, 3.8) is 0 Å². The lowest BCUT2D eigenvalue weighted by Gasteiger charge is -2.27. The highest BCUT2D eigenvalue weighted by molar-refractivity contribution is 5.17. The second-order valence-corrected chi connectivity index (χ2v) is 7.61. The molecule has 1 N–H and O–H groups in total. The molecule has 1 aromatic rings. The first-order valence-corrected chi connectivity index (χ1v) is 8.03. The van der Waals surface area contributed by atoms with Crippen LogP contribution in [0.1, 0.15) is 51.4 Å². The van der Waals surface area contributed by atoms with Gasteiger partial charge in [0.15, 0.2) is 0 Å². The third kappa shape index (κ3) is 3.44. The highest BCUT2D eigenvalue weighted by atomic mass is 16.3. The molecule has 0 radical (unpaired) electrons. The van der Waals surface area contributed by atoms with Crippen molar-refractivity contribution in [2.75, 3.05) is 13.1 Å². The van der Waals surface area contributed by atoms with E-state index >= 15 is 0 Å².